The standard InChI is InChI=1S/C25H22N4O3S/c1-3-17-10-7-11-20-23(17)27-24(18-8-5-4-6-9-18)28-25(20)33-15-22(30)26-21-14-19(29(31)32)13-12-16(21)2/h4-14H,3,15H2,1-2H3,(H,26,30). The number of aromatic nitrogens is 2. The molecule has 0 fully saturated rings. The lowest BCUT2D eigenvalue weighted by Gasteiger charge is -2.12. The number of thioether (sulfide) groups is 1. The number of carbonyl (C=O) groups is 1. The number of rotatable bonds is 7. The van der Waals surface area contributed by atoms with E-state index in [4.69, 9.17) is 9.97 Å². The lowest BCUT2D eigenvalue weighted by molar-refractivity contribution is -0.384. The van der Waals surface area contributed by atoms with E-state index in [2.05, 4.69) is 18.3 Å². The number of non-ortho nitro benzene ring substituents is 1. The molecule has 1 heterocycles. The molecule has 3 aromatic carbocycles. The number of hydrogen-bond acceptors (Lipinski definition) is 6. The van der Waals surface area contributed by atoms with Gasteiger partial charge in [-0.2, -0.15) is 0 Å². The number of carbonyl (C=O) groups excluding carboxylic acids is 1. The molecule has 7 nitrogen and oxygen atoms in total. The number of nitrogens with one attached hydrogen (secondary N) is 1. The minimum Gasteiger partial charge on any atom is -0.325 e. The third kappa shape index (κ3) is 5.01. The molecule has 166 valence electrons. The summed E-state index contributed by atoms with van der Waals surface area (Å²) >= 11 is 1.32. The molecule has 1 N–H and O–H groups in total. The van der Waals surface area contributed by atoms with Crippen LogP contribution in [-0.2, 0) is 11.2 Å². The van der Waals surface area contributed by atoms with E-state index in [1.807, 2.05) is 42.5 Å². The molecule has 0 spiro atoms. The number of hydrogen-bond donors (Lipinski definition) is 1. The number of benzene rings is 3. The maximum atomic E-state index is 12.7. The van der Waals surface area contributed by atoms with Crippen molar-refractivity contribution in [1.82, 2.24) is 9.97 Å². The highest BCUT2D eigenvalue weighted by molar-refractivity contribution is 8.00. The topological polar surface area (TPSA) is 98.0 Å². The van der Waals surface area contributed by atoms with Gasteiger partial charge in [-0.3, -0.25) is 14.9 Å². The molecule has 0 saturated heterocycles. The molecule has 1 amide bonds. The van der Waals surface area contributed by atoms with E-state index in [1.165, 1.54) is 23.9 Å². The van der Waals surface area contributed by atoms with Crippen LogP contribution < -0.4 is 5.32 Å². The van der Waals surface area contributed by atoms with Crippen molar-refractivity contribution < 1.29 is 9.72 Å². The molecule has 0 bridgehead atoms. The Morgan fingerprint density at radius 2 is 1.85 bits per heavy atom. The highest BCUT2D eigenvalue weighted by Crippen LogP contribution is 2.31. The number of nitro groups is 1. The molecule has 0 aliphatic rings. The Kier molecular flexibility index (Phi) is 6.65. The van der Waals surface area contributed by atoms with Crippen LogP contribution in [0.25, 0.3) is 22.3 Å². The van der Waals surface area contributed by atoms with Crippen molar-refractivity contribution in [3.8, 4) is 11.4 Å². The first-order valence-electron chi connectivity index (χ1n) is 10.5. The van der Waals surface area contributed by atoms with E-state index < -0.39 is 4.92 Å². The van der Waals surface area contributed by atoms with Crippen molar-refractivity contribution in [2.45, 2.75) is 25.3 Å². The maximum absolute atomic E-state index is 12.7. The number of aryl methyl sites for hydroxylation is 2. The minimum atomic E-state index is -0.479. The van der Waals surface area contributed by atoms with Crippen molar-refractivity contribution in [2.75, 3.05) is 11.1 Å². The van der Waals surface area contributed by atoms with Gasteiger partial charge in [0.05, 0.1) is 21.9 Å². The Hall–Kier alpha value is -3.78. The average molecular weight is 459 g/mol. The molecule has 0 saturated carbocycles. The summed E-state index contributed by atoms with van der Waals surface area (Å²) in [6.07, 6.45) is 0.833. The van der Waals surface area contributed by atoms with Crippen LogP contribution >= 0.6 is 11.8 Å². The summed E-state index contributed by atoms with van der Waals surface area (Å²) in [4.78, 5) is 32.9. The third-order valence-corrected chi connectivity index (χ3v) is 6.23. The monoisotopic (exact) mass is 458 g/mol. The van der Waals surface area contributed by atoms with Crippen LogP contribution in [-0.4, -0.2) is 26.6 Å². The van der Waals surface area contributed by atoms with Gasteiger partial charge in [-0.1, -0.05) is 73.3 Å². The predicted molar refractivity (Wildman–Crippen MR) is 132 cm³/mol. The largest absolute Gasteiger partial charge is 0.325 e. The molecule has 33 heavy (non-hydrogen) atoms. The molecule has 1 aromatic heterocycles. The van der Waals surface area contributed by atoms with Crippen LogP contribution in [0.1, 0.15) is 18.1 Å². The van der Waals surface area contributed by atoms with E-state index in [0.29, 0.717) is 11.5 Å². The lowest BCUT2D eigenvalue weighted by atomic mass is 10.1. The van der Waals surface area contributed by atoms with Gasteiger partial charge in [0.25, 0.3) is 5.69 Å². The summed E-state index contributed by atoms with van der Waals surface area (Å²) in [5, 5.41) is 15.5. The van der Waals surface area contributed by atoms with Gasteiger partial charge < -0.3 is 5.32 Å². The summed E-state index contributed by atoms with van der Waals surface area (Å²) < 4.78 is 0. The molecule has 0 aliphatic heterocycles. The van der Waals surface area contributed by atoms with Crippen molar-refractivity contribution in [3.05, 3.63) is 88.0 Å². The van der Waals surface area contributed by atoms with E-state index in [-0.39, 0.29) is 17.3 Å². The molecular weight excluding hydrogens is 436 g/mol. The fraction of sp³-hybridized carbons (Fsp3) is 0.160. The van der Waals surface area contributed by atoms with Crippen LogP contribution in [0.5, 0.6) is 0 Å². The van der Waals surface area contributed by atoms with Crippen LogP contribution in [0.2, 0.25) is 0 Å². The molecule has 4 rings (SSSR count). The number of fused-ring (bicyclic) bond motifs is 1. The average Bonchev–Trinajstić information content (AvgIpc) is 2.83. The summed E-state index contributed by atoms with van der Waals surface area (Å²) in [7, 11) is 0. The molecule has 0 atom stereocenters. The van der Waals surface area contributed by atoms with E-state index in [9.17, 15) is 14.9 Å². The zero-order chi connectivity index (χ0) is 23.4. The molecule has 0 unspecified atom stereocenters. The fourth-order valence-corrected chi connectivity index (χ4v) is 4.28. The molecule has 8 heteroatoms. The molecule has 0 aliphatic carbocycles. The maximum Gasteiger partial charge on any atom is 0.271 e. The van der Waals surface area contributed by atoms with Crippen LogP contribution in [0.3, 0.4) is 0 Å². The van der Waals surface area contributed by atoms with Crippen molar-refractivity contribution in [2.24, 2.45) is 0 Å². The van der Waals surface area contributed by atoms with Gasteiger partial charge in [0, 0.05) is 23.1 Å². The Morgan fingerprint density at radius 3 is 2.58 bits per heavy atom. The molecule has 0 radical (unpaired) electrons. The summed E-state index contributed by atoms with van der Waals surface area (Å²) in [6, 6.07) is 20.2. The van der Waals surface area contributed by atoms with E-state index in [1.54, 1.807) is 13.0 Å². The second-order valence-electron chi connectivity index (χ2n) is 7.48. The highest BCUT2D eigenvalue weighted by atomic mass is 32.2. The molecule has 4 aromatic rings. The predicted octanol–water partition coefficient (Wildman–Crippen LogP) is 5.81. The van der Waals surface area contributed by atoms with Crippen LogP contribution in [0.4, 0.5) is 11.4 Å². The summed E-state index contributed by atoms with van der Waals surface area (Å²) in [5.74, 6) is 0.462. The lowest BCUT2D eigenvalue weighted by Crippen LogP contribution is -2.15. The van der Waals surface area contributed by atoms with Crippen LogP contribution in [0.15, 0.2) is 71.8 Å². The van der Waals surface area contributed by atoms with Gasteiger partial charge in [-0.15, -0.1) is 0 Å². The number of nitrogens with zero attached hydrogens (tertiary/aromatic N) is 3. The Morgan fingerprint density at radius 1 is 1.06 bits per heavy atom. The first-order valence-corrected chi connectivity index (χ1v) is 11.5. The van der Waals surface area contributed by atoms with E-state index in [0.717, 1.165) is 39.0 Å². The van der Waals surface area contributed by atoms with Gasteiger partial charge in [-0.05, 0) is 24.5 Å². The zero-order valence-electron chi connectivity index (χ0n) is 18.2. The normalized spacial score (nSPS) is 10.8. The van der Waals surface area contributed by atoms with Gasteiger partial charge in [0.15, 0.2) is 5.82 Å². The SMILES string of the molecule is CCc1cccc2c(SCC(=O)Nc3cc([N+](=O)[O-])ccc3C)nc(-c3ccccc3)nc12. The van der Waals surface area contributed by atoms with Gasteiger partial charge in [0.2, 0.25) is 5.91 Å². The van der Waals surface area contributed by atoms with Crippen molar-refractivity contribution in [3.63, 3.8) is 0 Å². The summed E-state index contributed by atoms with van der Waals surface area (Å²) in [6.45, 7) is 3.88. The first kappa shape index (κ1) is 22.4. The first-order chi connectivity index (χ1) is 16.0. The van der Waals surface area contributed by atoms with Gasteiger partial charge >= 0.3 is 0 Å². The number of anilines is 1. The highest BCUT2D eigenvalue weighted by Gasteiger charge is 2.15. The van der Waals surface area contributed by atoms with Crippen LogP contribution in [0, 0.1) is 17.0 Å². The van der Waals surface area contributed by atoms with Crippen molar-refractivity contribution >= 4 is 39.9 Å². The second-order valence-corrected chi connectivity index (χ2v) is 8.44. The third-order valence-electron chi connectivity index (χ3n) is 5.23. The van der Waals surface area contributed by atoms with E-state index >= 15 is 0 Å². The Bertz CT molecular complexity index is 1340. The number of nitro benzene ring substituents is 1. The second kappa shape index (κ2) is 9.79. The van der Waals surface area contributed by atoms with Gasteiger partial charge in [0.1, 0.15) is 5.03 Å². The fourth-order valence-electron chi connectivity index (χ4n) is 3.47. The summed E-state index contributed by atoms with van der Waals surface area (Å²) in [5.41, 5.74) is 4.02. The Labute approximate surface area is 195 Å². The minimum absolute atomic E-state index is 0.0649. The molecular formula is C25H22N4O3S. The quantitative estimate of drug-likeness (QED) is 0.162. The van der Waals surface area contributed by atoms with Crippen molar-refractivity contribution in [1.29, 1.82) is 0 Å². The zero-order valence-corrected chi connectivity index (χ0v) is 19.1. The smallest absolute Gasteiger partial charge is 0.271 e. The Balaban J connectivity index is 1.62. The number of para-hydroxylation sites is 1. The van der Waals surface area contributed by atoms with Gasteiger partial charge in [-0.25, -0.2) is 9.97 Å². The number of amides is 1.